The van der Waals surface area contributed by atoms with Crippen LogP contribution in [0.1, 0.15) is 51.8 Å². The quantitative estimate of drug-likeness (QED) is 0.796. The molecule has 0 fully saturated rings. The summed E-state index contributed by atoms with van der Waals surface area (Å²) in [4.78, 5) is 2.47. The van der Waals surface area contributed by atoms with E-state index in [1.165, 1.54) is 24.2 Å². The molecule has 0 amide bonds. The molecule has 0 bridgehead atoms. The molecule has 2 N–H and O–H groups in total. The number of anilines is 1. The fourth-order valence-electron chi connectivity index (χ4n) is 2.48. The highest BCUT2D eigenvalue weighted by molar-refractivity contribution is 5.50. The SMILES string of the molecule is Cc1nn(C)c(N(CCC(C)C)CCC(C)C)c1CN. The van der Waals surface area contributed by atoms with Crippen LogP contribution in [0, 0.1) is 18.8 Å². The normalized spacial score (nSPS) is 11.7. The Labute approximate surface area is 124 Å². The van der Waals surface area contributed by atoms with Crippen LogP contribution in [0.25, 0.3) is 0 Å². The number of aryl methyl sites for hydroxylation is 2. The number of rotatable bonds is 8. The number of aromatic nitrogens is 2. The summed E-state index contributed by atoms with van der Waals surface area (Å²) >= 11 is 0. The van der Waals surface area contributed by atoms with Gasteiger partial charge in [-0.2, -0.15) is 5.10 Å². The smallest absolute Gasteiger partial charge is 0.131 e. The standard InChI is InChI=1S/C16H32N4/c1-12(2)7-9-20(10-8-13(3)4)16-15(11-17)14(5)18-19(16)6/h12-13H,7-11,17H2,1-6H3. The van der Waals surface area contributed by atoms with Gasteiger partial charge in [-0.15, -0.1) is 0 Å². The van der Waals surface area contributed by atoms with E-state index >= 15 is 0 Å². The zero-order valence-corrected chi connectivity index (χ0v) is 14.1. The van der Waals surface area contributed by atoms with Gasteiger partial charge in [0.05, 0.1) is 5.69 Å². The van der Waals surface area contributed by atoms with Gasteiger partial charge in [0.15, 0.2) is 0 Å². The van der Waals surface area contributed by atoms with Gasteiger partial charge >= 0.3 is 0 Å². The van der Waals surface area contributed by atoms with Gasteiger partial charge in [-0.05, 0) is 31.6 Å². The van der Waals surface area contributed by atoms with Gasteiger partial charge < -0.3 is 10.6 Å². The third-order valence-electron chi connectivity index (χ3n) is 3.77. The van der Waals surface area contributed by atoms with Gasteiger partial charge in [-0.1, -0.05) is 27.7 Å². The summed E-state index contributed by atoms with van der Waals surface area (Å²) in [6.45, 7) is 13.9. The number of nitrogens with zero attached hydrogens (tertiary/aromatic N) is 3. The van der Waals surface area contributed by atoms with Crippen LogP contribution in [-0.4, -0.2) is 22.9 Å². The molecule has 0 radical (unpaired) electrons. The van der Waals surface area contributed by atoms with Crippen molar-refractivity contribution < 1.29 is 0 Å². The summed E-state index contributed by atoms with van der Waals surface area (Å²) < 4.78 is 2.00. The van der Waals surface area contributed by atoms with Gasteiger partial charge in [0.2, 0.25) is 0 Å². The second kappa shape index (κ2) is 7.67. The molecular formula is C16H32N4. The topological polar surface area (TPSA) is 47.1 Å². The van der Waals surface area contributed by atoms with Crippen LogP contribution in [0.3, 0.4) is 0 Å². The van der Waals surface area contributed by atoms with Crippen molar-refractivity contribution in [3.8, 4) is 0 Å². The van der Waals surface area contributed by atoms with Gasteiger partial charge in [0.1, 0.15) is 5.82 Å². The molecule has 1 aromatic rings. The highest BCUT2D eigenvalue weighted by Gasteiger charge is 2.18. The highest BCUT2D eigenvalue weighted by atomic mass is 15.4. The fraction of sp³-hybridized carbons (Fsp3) is 0.812. The third kappa shape index (κ3) is 4.51. The number of hydrogen-bond donors (Lipinski definition) is 1. The molecule has 1 rings (SSSR count). The van der Waals surface area contributed by atoms with Crippen molar-refractivity contribution in [2.45, 2.75) is 54.0 Å². The summed E-state index contributed by atoms with van der Waals surface area (Å²) in [6, 6.07) is 0. The maximum absolute atomic E-state index is 5.93. The lowest BCUT2D eigenvalue weighted by molar-refractivity contribution is 0.526. The highest BCUT2D eigenvalue weighted by Crippen LogP contribution is 2.24. The van der Waals surface area contributed by atoms with E-state index in [4.69, 9.17) is 5.73 Å². The molecule has 1 heterocycles. The van der Waals surface area contributed by atoms with E-state index in [2.05, 4.69) is 44.6 Å². The first kappa shape index (κ1) is 17.0. The molecule has 0 aliphatic rings. The van der Waals surface area contributed by atoms with Crippen LogP contribution in [0.15, 0.2) is 0 Å². The Bertz CT molecular complexity index is 395. The van der Waals surface area contributed by atoms with E-state index in [9.17, 15) is 0 Å². The molecule has 116 valence electrons. The molecule has 1 aromatic heterocycles. The Morgan fingerprint density at radius 3 is 2.00 bits per heavy atom. The van der Waals surface area contributed by atoms with Crippen molar-refractivity contribution in [3.63, 3.8) is 0 Å². The summed E-state index contributed by atoms with van der Waals surface area (Å²) in [6.07, 6.45) is 2.40. The van der Waals surface area contributed by atoms with E-state index in [-0.39, 0.29) is 0 Å². The van der Waals surface area contributed by atoms with Crippen LogP contribution < -0.4 is 10.6 Å². The van der Waals surface area contributed by atoms with Gasteiger partial charge in [0.25, 0.3) is 0 Å². The Hall–Kier alpha value is -1.03. The Balaban J connectivity index is 2.96. The zero-order valence-electron chi connectivity index (χ0n) is 14.1. The van der Waals surface area contributed by atoms with Gasteiger partial charge in [-0.3, -0.25) is 4.68 Å². The lowest BCUT2D eigenvalue weighted by Gasteiger charge is -2.27. The molecule has 0 aliphatic carbocycles. The van der Waals surface area contributed by atoms with Crippen molar-refractivity contribution in [3.05, 3.63) is 11.3 Å². The second-order valence-electron chi connectivity index (χ2n) is 6.57. The first-order valence-corrected chi connectivity index (χ1v) is 7.84. The molecular weight excluding hydrogens is 248 g/mol. The van der Waals surface area contributed by atoms with Gasteiger partial charge in [-0.25, -0.2) is 0 Å². The fourth-order valence-corrected chi connectivity index (χ4v) is 2.48. The minimum atomic E-state index is 0.564. The lowest BCUT2D eigenvalue weighted by atomic mass is 10.1. The summed E-state index contributed by atoms with van der Waals surface area (Å²) in [5, 5.41) is 4.55. The van der Waals surface area contributed by atoms with E-state index in [0.717, 1.165) is 18.8 Å². The average Bonchev–Trinajstić information content (AvgIpc) is 2.63. The molecule has 0 atom stereocenters. The Kier molecular flexibility index (Phi) is 6.53. The minimum Gasteiger partial charge on any atom is -0.357 e. The van der Waals surface area contributed by atoms with E-state index < -0.39 is 0 Å². The monoisotopic (exact) mass is 280 g/mol. The molecule has 20 heavy (non-hydrogen) atoms. The van der Waals surface area contributed by atoms with E-state index in [1.54, 1.807) is 0 Å². The predicted octanol–water partition coefficient (Wildman–Crippen LogP) is 3.09. The van der Waals surface area contributed by atoms with Crippen LogP contribution in [0.5, 0.6) is 0 Å². The zero-order chi connectivity index (χ0) is 15.3. The minimum absolute atomic E-state index is 0.564. The molecule has 4 heteroatoms. The first-order chi connectivity index (χ1) is 9.36. The van der Waals surface area contributed by atoms with E-state index in [0.29, 0.717) is 18.4 Å². The molecule has 4 nitrogen and oxygen atoms in total. The second-order valence-corrected chi connectivity index (χ2v) is 6.57. The van der Waals surface area contributed by atoms with Crippen molar-refractivity contribution in [2.75, 3.05) is 18.0 Å². The Morgan fingerprint density at radius 1 is 1.10 bits per heavy atom. The average molecular weight is 280 g/mol. The summed E-state index contributed by atoms with van der Waals surface area (Å²) in [5.74, 6) is 2.64. The van der Waals surface area contributed by atoms with Crippen molar-refractivity contribution in [1.29, 1.82) is 0 Å². The largest absolute Gasteiger partial charge is 0.357 e. The molecule has 0 saturated carbocycles. The van der Waals surface area contributed by atoms with Crippen molar-refractivity contribution in [1.82, 2.24) is 9.78 Å². The van der Waals surface area contributed by atoms with Crippen LogP contribution >= 0.6 is 0 Å². The van der Waals surface area contributed by atoms with E-state index in [1.807, 2.05) is 11.7 Å². The lowest BCUT2D eigenvalue weighted by Crippen LogP contribution is -2.30. The summed E-state index contributed by atoms with van der Waals surface area (Å²) in [5.41, 5.74) is 8.19. The Morgan fingerprint density at radius 2 is 1.60 bits per heavy atom. The number of nitrogens with two attached hydrogens (primary N) is 1. The first-order valence-electron chi connectivity index (χ1n) is 7.84. The molecule has 0 aromatic carbocycles. The number of hydrogen-bond acceptors (Lipinski definition) is 3. The van der Waals surface area contributed by atoms with Crippen molar-refractivity contribution >= 4 is 5.82 Å². The predicted molar refractivity (Wildman–Crippen MR) is 87.0 cm³/mol. The van der Waals surface area contributed by atoms with Crippen LogP contribution in [0.2, 0.25) is 0 Å². The van der Waals surface area contributed by atoms with Crippen molar-refractivity contribution in [2.24, 2.45) is 24.6 Å². The molecule has 0 unspecified atom stereocenters. The maximum atomic E-state index is 5.93. The van der Waals surface area contributed by atoms with Crippen LogP contribution in [0.4, 0.5) is 5.82 Å². The molecule has 0 saturated heterocycles. The van der Waals surface area contributed by atoms with Crippen LogP contribution in [-0.2, 0) is 13.6 Å². The molecule has 0 spiro atoms. The summed E-state index contributed by atoms with van der Waals surface area (Å²) in [7, 11) is 2.03. The van der Waals surface area contributed by atoms with Gasteiger partial charge in [0, 0.05) is 32.2 Å². The maximum Gasteiger partial charge on any atom is 0.131 e. The third-order valence-corrected chi connectivity index (χ3v) is 3.77. The molecule has 0 aliphatic heterocycles.